The number of carbonyl (C=O) groups excluding carboxylic acids is 1. The number of aliphatic hydroxyl groups is 1. The van der Waals surface area contributed by atoms with Gasteiger partial charge in [-0.1, -0.05) is 187 Å². The van der Waals surface area contributed by atoms with Crippen LogP contribution in [0.15, 0.2) is 12.2 Å². The smallest absolute Gasteiger partial charge is 0.268 e. The summed E-state index contributed by atoms with van der Waals surface area (Å²) in [7, 11) is 1.31. The summed E-state index contributed by atoms with van der Waals surface area (Å²) in [6.07, 6.45) is 42.1. The van der Waals surface area contributed by atoms with Crippen molar-refractivity contribution in [3.63, 3.8) is 0 Å². The fourth-order valence-corrected chi connectivity index (χ4v) is 7.52. The topological polar surface area (TPSA) is 108 Å². The van der Waals surface area contributed by atoms with Gasteiger partial charge in [-0.15, -0.1) is 0 Å². The van der Waals surface area contributed by atoms with Crippen LogP contribution in [0.3, 0.4) is 0 Å². The van der Waals surface area contributed by atoms with Gasteiger partial charge in [0.05, 0.1) is 39.9 Å². The fourth-order valence-electron chi connectivity index (χ4n) is 6.80. The summed E-state index contributed by atoms with van der Waals surface area (Å²) in [6.45, 7) is 4.72. The number of nitrogens with one attached hydrogen (secondary N) is 1. The van der Waals surface area contributed by atoms with Crippen LogP contribution in [0.5, 0.6) is 0 Å². The number of hydrogen-bond donors (Lipinski definition) is 2. The third kappa shape index (κ3) is 39.5. The third-order valence-corrected chi connectivity index (χ3v) is 11.5. The lowest BCUT2D eigenvalue weighted by atomic mass is 10.0. The van der Waals surface area contributed by atoms with Crippen LogP contribution in [0.2, 0.25) is 0 Å². The number of unbranched alkanes of at least 4 members (excludes halogenated alkanes) is 27. The first kappa shape index (κ1) is 53.2. The van der Waals surface area contributed by atoms with Crippen molar-refractivity contribution in [2.24, 2.45) is 0 Å². The van der Waals surface area contributed by atoms with E-state index in [9.17, 15) is 19.4 Å². The van der Waals surface area contributed by atoms with Gasteiger partial charge in [0.2, 0.25) is 5.91 Å². The van der Waals surface area contributed by atoms with E-state index in [-0.39, 0.29) is 19.1 Å². The molecule has 0 aliphatic heterocycles. The fraction of sp³-hybridized carbons (Fsp3) is 0.933. The van der Waals surface area contributed by atoms with E-state index < -0.39 is 20.0 Å². The monoisotopic (exact) mass is 787 g/mol. The van der Waals surface area contributed by atoms with Crippen molar-refractivity contribution in [3.05, 3.63) is 12.2 Å². The van der Waals surface area contributed by atoms with Crippen LogP contribution in [-0.4, -0.2) is 68.5 Å². The maximum Gasteiger partial charge on any atom is 0.268 e. The minimum absolute atomic E-state index is 0.0137. The first-order chi connectivity index (χ1) is 26.0. The van der Waals surface area contributed by atoms with Crippen molar-refractivity contribution in [2.75, 3.05) is 40.9 Å². The molecule has 0 radical (unpaired) electrons. The van der Waals surface area contributed by atoms with Gasteiger partial charge in [0.25, 0.3) is 7.82 Å². The Labute approximate surface area is 335 Å². The highest BCUT2D eigenvalue weighted by Gasteiger charge is 2.24. The summed E-state index contributed by atoms with van der Waals surface area (Å²) in [5.74, 6) is -0.166. The Bertz CT molecular complexity index is 896. The van der Waals surface area contributed by atoms with Gasteiger partial charge in [0.1, 0.15) is 13.2 Å². The Morgan fingerprint density at radius 1 is 0.630 bits per heavy atom. The zero-order valence-corrected chi connectivity index (χ0v) is 37.3. The molecule has 0 aliphatic carbocycles. The van der Waals surface area contributed by atoms with E-state index in [1.165, 1.54) is 154 Å². The largest absolute Gasteiger partial charge is 0.756 e. The zero-order valence-electron chi connectivity index (χ0n) is 36.4. The molecule has 0 saturated carbocycles. The highest BCUT2D eigenvalue weighted by atomic mass is 31.2. The molecule has 0 fully saturated rings. The van der Waals surface area contributed by atoms with Crippen LogP contribution in [0.25, 0.3) is 0 Å². The van der Waals surface area contributed by atoms with E-state index in [1.54, 1.807) is 0 Å². The summed E-state index contributed by atoms with van der Waals surface area (Å²) >= 11 is 0. The van der Waals surface area contributed by atoms with Crippen LogP contribution in [-0.2, 0) is 18.4 Å². The summed E-state index contributed by atoms with van der Waals surface area (Å²) in [4.78, 5) is 25.3. The predicted octanol–water partition coefficient (Wildman–Crippen LogP) is 12.1. The lowest BCUT2D eigenvalue weighted by Crippen LogP contribution is -2.46. The molecule has 322 valence electrons. The van der Waals surface area contributed by atoms with Gasteiger partial charge in [0, 0.05) is 6.42 Å². The molecule has 1 unspecified atom stereocenters. The number of hydrogen-bond acceptors (Lipinski definition) is 6. The summed E-state index contributed by atoms with van der Waals surface area (Å²) in [5.41, 5.74) is 0. The number of likely N-dealkylation sites (N-methyl/N-ethyl adjacent to an activating group) is 1. The lowest BCUT2D eigenvalue weighted by molar-refractivity contribution is -0.870. The Morgan fingerprint density at radius 3 is 1.44 bits per heavy atom. The second-order valence-electron chi connectivity index (χ2n) is 17.1. The van der Waals surface area contributed by atoms with E-state index in [0.717, 1.165) is 38.5 Å². The van der Waals surface area contributed by atoms with Crippen molar-refractivity contribution < 1.29 is 32.9 Å². The summed E-state index contributed by atoms with van der Waals surface area (Å²) in [6, 6.07) is -0.796. The van der Waals surface area contributed by atoms with Crippen molar-refractivity contribution in [2.45, 2.75) is 231 Å². The second kappa shape index (κ2) is 37.8. The number of carbonyl (C=O) groups is 1. The standard InChI is InChI=1S/C45H91N2O6P/c1-6-8-10-12-14-16-18-20-21-22-23-24-25-27-29-31-33-35-37-39-45(49)46-43(42-53-54(50,51)52-41-40-47(3,4)5)44(48)38-36-34-32-30-28-26-19-17-15-13-11-9-7-2/h20-21,43-44,48H,6-19,22-42H2,1-5H3,(H-,46,49,50,51)/b21-20-/t43-,44+/m0/s1. The molecule has 2 N–H and O–H groups in total. The average molecular weight is 787 g/mol. The number of phosphoric ester groups is 1. The maximum absolute atomic E-state index is 12.9. The van der Waals surface area contributed by atoms with Crippen LogP contribution in [0.1, 0.15) is 219 Å². The molecular formula is C45H91N2O6P. The van der Waals surface area contributed by atoms with Crippen molar-refractivity contribution >= 4 is 13.7 Å². The van der Waals surface area contributed by atoms with Crippen LogP contribution in [0.4, 0.5) is 0 Å². The van der Waals surface area contributed by atoms with Gasteiger partial charge in [-0.3, -0.25) is 9.36 Å². The number of quaternary nitrogens is 1. The second-order valence-corrected chi connectivity index (χ2v) is 18.5. The molecule has 9 heteroatoms. The van der Waals surface area contributed by atoms with Crippen LogP contribution >= 0.6 is 7.82 Å². The van der Waals surface area contributed by atoms with Crippen LogP contribution < -0.4 is 10.2 Å². The number of allylic oxidation sites excluding steroid dienone is 2. The van der Waals surface area contributed by atoms with Crippen molar-refractivity contribution in [1.82, 2.24) is 5.32 Å². The van der Waals surface area contributed by atoms with Gasteiger partial charge in [-0.05, 0) is 38.5 Å². The Kier molecular flexibility index (Phi) is 37.3. The van der Waals surface area contributed by atoms with Gasteiger partial charge in [-0.25, -0.2) is 0 Å². The molecule has 3 atom stereocenters. The van der Waals surface area contributed by atoms with Gasteiger partial charge >= 0.3 is 0 Å². The minimum atomic E-state index is -4.56. The lowest BCUT2D eigenvalue weighted by Gasteiger charge is -2.30. The molecule has 0 heterocycles. The van der Waals surface area contributed by atoms with E-state index >= 15 is 0 Å². The quantitative estimate of drug-likeness (QED) is 0.0276. The normalized spacial score (nSPS) is 14.4. The van der Waals surface area contributed by atoms with E-state index in [1.807, 2.05) is 21.1 Å². The maximum atomic E-state index is 12.9. The third-order valence-electron chi connectivity index (χ3n) is 10.5. The molecule has 0 saturated heterocycles. The Morgan fingerprint density at radius 2 is 1.02 bits per heavy atom. The SMILES string of the molecule is CCCCCCCC/C=C\CCCCCCCCCCCC(=O)N[C@@H](COP(=O)([O-])OCC[N+](C)(C)C)[C@H](O)CCCCCCCCCCCCCCC. The molecule has 0 aromatic rings. The highest BCUT2D eigenvalue weighted by Crippen LogP contribution is 2.38. The summed E-state index contributed by atoms with van der Waals surface area (Å²) in [5, 5.41) is 13.9. The Balaban J connectivity index is 4.30. The number of amides is 1. The number of nitrogens with zero attached hydrogens (tertiary/aromatic N) is 1. The number of phosphoric acid groups is 1. The van der Waals surface area contributed by atoms with Crippen LogP contribution in [0, 0.1) is 0 Å². The molecule has 0 spiro atoms. The van der Waals surface area contributed by atoms with Gasteiger partial charge in [0.15, 0.2) is 0 Å². The average Bonchev–Trinajstić information content (AvgIpc) is 3.12. The molecule has 0 aromatic carbocycles. The molecule has 8 nitrogen and oxygen atoms in total. The molecule has 1 amide bonds. The van der Waals surface area contributed by atoms with E-state index in [2.05, 4.69) is 31.3 Å². The molecule has 54 heavy (non-hydrogen) atoms. The van der Waals surface area contributed by atoms with Crippen molar-refractivity contribution in [3.8, 4) is 0 Å². The molecule has 0 bridgehead atoms. The Hall–Kier alpha value is -0.760. The first-order valence-corrected chi connectivity index (χ1v) is 24.5. The van der Waals surface area contributed by atoms with E-state index in [4.69, 9.17) is 9.05 Å². The molecule has 0 aromatic heterocycles. The number of rotatable bonds is 42. The molecule has 0 aliphatic rings. The minimum Gasteiger partial charge on any atom is -0.756 e. The van der Waals surface area contributed by atoms with Gasteiger partial charge in [-0.2, -0.15) is 0 Å². The predicted molar refractivity (Wildman–Crippen MR) is 229 cm³/mol. The summed E-state index contributed by atoms with van der Waals surface area (Å²) < 4.78 is 23.3. The molecule has 0 rings (SSSR count). The zero-order chi connectivity index (χ0) is 40.0. The number of aliphatic hydroxyl groups excluding tert-OH is 1. The van der Waals surface area contributed by atoms with Gasteiger partial charge < -0.3 is 28.8 Å². The van der Waals surface area contributed by atoms with E-state index in [0.29, 0.717) is 23.9 Å². The van der Waals surface area contributed by atoms with Crippen molar-refractivity contribution in [1.29, 1.82) is 0 Å². The first-order valence-electron chi connectivity index (χ1n) is 23.0. The molecular weight excluding hydrogens is 695 g/mol. The highest BCUT2D eigenvalue weighted by molar-refractivity contribution is 7.45.